The number of rotatable bonds is 7. The first-order valence-electron chi connectivity index (χ1n) is 14.3. The van der Waals surface area contributed by atoms with Crippen molar-refractivity contribution in [3.8, 4) is 28.4 Å². The lowest BCUT2D eigenvalue weighted by atomic mass is 9.87. The van der Waals surface area contributed by atoms with Crippen LogP contribution in [0.15, 0.2) is 83.8 Å². The fourth-order valence-corrected chi connectivity index (χ4v) is 6.88. The largest absolute Gasteiger partial charge is 0.497 e. The number of aromatic nitrogens is 1. The topological polar surface area (TPSA) is 81.1 Å². The van der Waals surface area contributed by atoms with Crippen LogP contribution in [-0.2, 0) is 15.4 Å². The van der Waals surface area contributed by atoms with Crippen molar-refractivity contribution in [2.75, 3.05) is 40.4 Å². The van der Waals surface area contributed by atoms with Crippen molar-refractivity contribution in [3.63, 3.8) is 0 Å². The highest BCUT2D eigenvalue weighted by atomic mass is 32.2. The zero-order chi connectivity index (χ0) is 30.9. The van der Waals surface area contributed by atoms with E-state index in [-0.39, 0.29) is 29.3 Å². The molecular weight excluding hydrogens is 562 g/mol. The first-order valence-corrected chi connectivity index (χ1v) is 15.8. The normalized spacial score (nSPS) is 14.5. The number of sulfonamides is 1. The monoisotopic (exact) mass is 601 g/mol. The molecule has 226 valence electrons. The summed E-state index contributed by atoms with van der Waals surface area (Å²) >= 11 is 0. The minimum atomic E-state index is -3.66. The Bertz CT molecular complexity index is 1710. The quantitative estimate of drug-likeness (QED) is 0.263. The van der Waals surface area contributed by atoms with Gasteiger partial charge < -0.3 is 18.9 Å². The Morgan fingerprint density at radius 1 is 0.791 bits per heavy atom. The van der Waals surface area contributed by atoms with Crippen molar-refractivity contribution in [3.05, 3.63) is 95.7 Å². The van der Waals surface area contributed by atoms with Crippen LogP contribution in [0.25, 0.3) is 16.9 Å². The van der Waals surface area contributed by atoms with E-state index in [0.29, 0.717) is 24.4 Å². The second kappa shape index (κ2) is 11.9. The molecule has 0 radical (unpaired) electrons. The third kappa shape index (κ3) is 6.05. The molecule has 5 rings (SSSR count). The van der Waals surface area contributed by atoms with Gasteiger partial charge >= 0.3 is 0 Å². The highest BCUT2D eigenvalue weighted by Gasteiger charge is 2.32. The van der Waals surface area contributed by atoms with Crippen molar-refractivity contribution < 1.29 is 22.7 Å². The molecular formula is C34H39N3O5S. The number of nitrogens with zero attached hydrogens (tertiary/aromatic N) is 3. The number of methoxy groups -OCH3 is 2. The second-order valence-corrected chi connectivity index (χ2v) is 13.7. The van der Waals surface area contributed by atoms with E-state index in [1.807, 2.05) is 73.7 Å². The van der Waals surface area contributed by atoms with Gasteiger partial charge in [-0.25, -0.2) is 8.42 Å². The molecule has 0 unspecified atom stereocenters. The maximum Gasteiger partial charge on any atom is 0.255 e. The van der Waals surface area contributed by atoms with Gasteiger partial charge in [-0.2, -0.15) is 4.31 Å². The van der Waals surface area contributed by atoms with Crippen LogP contribution in [0.4, 0.5) is 0 Å². The van der Waals surface area contributed by atoms with E-state index in [1.54, 1.807) is 31.3 Å². The highest BCUT2D eigenvalue weighted by molar-refractivity contribution is 7.89. The minimum absolute atomic E-state index is 0.0643. The summed E-state index contributed by atoms with van der Waals surface area (Å²) in [5, 5.41) is 0. The average Bonchev–Trinajstić information content (AvgIpc) is 3.37. The third-order valence-corrected chi connectivity index (χ3v) is 9.97. The van der Waals surface area contributed by atoms with Crippen LogP contribution in [0, 0.1) is 6.92 Å². The first-order chi connectivity index (χ1) is 20.4. The van der Waals surface area contributed by atoms with Gasteiger partial charge in [0.2, 0.25) is 10.0 Å². The molecule has 1 amide bonds. The minimum Gasteiger partial charge on any atom is -0.497 e. The fourth-order valence-electron chi connectivity index (χ4n) is 5.46. The summed E-state index contributed by atoms with van der Waals surface area (Å²) in [4.78, 5) is 15.9. The SMILES string of the molecule is COc1ccc(-c2cc(C(=O)N3CCN(S(=O)(=O)c4ccc(C(C)(C)C)cc4)CC3)c(C)n2-c2cccc(OC)c2)cc1. The molecule has 1 aromatic heterocycles. The number of carbonyl (C=O) groups excluding carboxylic acids is 1. The number of carbonyl (C=O) groups is 1. The second-order valence-electron chi connectivity index (χ2n) is 11.8. The molecule has 1 aliphatic heterocycles. The number of hydrogen-bond acceptors (Lipinski definition) is 5. The van der Waals surface area contributed by atoms with Crippen molar-refractivity contribution in [2.24, 2.45) is 0 Å². The lowest BCUT2D eigenvalue weighted by molar-refractivity contribution is 0.0697. The molecule has 0 aliphatic carbocycles. The van der Waals surface area contributed by atoms with Crippen molar-refractivity contribution in [1.29, 1.82) is 0 Å². The Morgan fingerprint density at radius 3 is 2.00 bits per heavy atom. The van der Waals surface area contributed by atoms with E-state index in [2.05, 4.69) is 25.3 Å². The Balaban J connectivity index is 1.41. The van der Waals surface area contributed by atoms with E-state index in [4.69, 9.17) is 9.47 Å². The molecule has 3 aromatic carbocycles. The maximum absolute atomic E-state index is 13.9. The molecule has 0 bridgehead atoms. The molecule has 8 nitrogen and oxygen atoms in total. The van der Waals surface area contributed by atoms with Gasteiger partial charge in [-0.15, -0.1) is 0 Å². The van der Waals surface area contributed by atoms with Crippen molar-refractivity contribution in [2.45, 2.75) is 38.0 Å². The van der Waals surface area contributed by atoms with Crippen LogP contribution in [0.2, 0.25) is 0 Å². The number of hydrogen-bond donors (Lipinski definition) is 0. The molecule has 0 spiro atoms. The molecule has 1 fully saturated rings. The Hall–Kier alpha value is -4.08. The van der Waals surface area contributed by atoms with E-state index < -0.39 is 10.0 Å². The lowest BCUT2D eigenvalue weighted by Gasteiger charge is -2.34. The van der Waals surface area contributed by atoms with E-state index in [0.717, 1.165) is 34.0 Å². The third-order valence-electron chi connectivity index (χ3n) is 8.06. The van der Waals surface area contributed by atoms with E-state index in [9.17, 15) is 13.2 Å². The number of amides is 1. The number of piperazine rings is 1. The predicted molar refractivity (Wildman–Crippen MR) is 169 cm³/mol. The smallest absolute Gasteiger partial charge is 0.255 e. The fraction of sp³-hybridized carbons (Fsp3) is 0.324. The first kappa shape index (κ1) is 30.4. The van der Waals surface area contributed by atoms with Crippen LogP contribution in [0.5, 0.6) is 11.5 Å². The van der Waals surface area contributed by atoms with Gasteiger partial charge in [0.05, 0.1) is 30.4 Å². The van der Waals surface area contributed by atoms with Gasteiger partial charge in [-0.05, 0) is 78.1 Å². The molecule has 4 aromatic rings. The summed E-state index contributed by atoms with van der Waals surface area (Å²) in [5.74, 6) is 1.33. The standard InChI is InChI=1S/C34H39N3O5S/c1-24-31(23-32(25-10-14-28(41-5)15-11-25)37(24)27-8-7-9-29(22-27)42-6)33(38)35-18-20-36(21-19-35)43(39,40)30-16-12-26(13-17-30)34(2,3)4/h7-17,22-23H,18-21H2,1-6H3. The van der Waals surface area contributed by atoms with Crippen LogP contribution >= 0.6 is 0 Å². The van der Waals surface area contributed by atoms with Crippen LogP contribution in [0.1, 0.15) is 42.4 Å². The van der Waals surface area contributed by atoms with Gasteiger partial charge in [-0.3, -0.25) is 4.79 Å². The van der Waals surface area contributed by atoms with Crippen molar-refractivity contribution >= 4 is 15.9 Å². The van der Waals surface area contributed by atoms with Crippen LogP contribution in [-0.4, -0.2) is 68.5 Å². The molecule has 0 saturated carbocycles. The predicted octanol–water partition coefficient (Wildman–Crippen LogP) is 5.91. The van der Waals surface area contributed by atoms with E-state index in [1.165, 1.54) is 4.31 Å². The van der Waals surface area contributed by atoms with Gasteiger partial charge in [0.25, 0.3) is 5.91 Å². The average molecular weight is 602 g/mol. The maximum atomic E-state index is 13.9. The summed E-state index contributed by atoms with van der Waals surface area (Å²) in [6.45, 7) is 9.30. The van der Waals surface area contributed by atoms with Gasteiger partial charge in [-0.1, -0.05) is 39.0 Å². The van der Waals surface area contributed by atoms with Crippen LogP contribution in [0.3, 0.4) is 0 Å². The molecule has 43 heavy (non-hydrogen) atoms. The molecule has 0 atom stereocenters. The molecule has 1 saturated heterocycles. The summed E-state index contributed by atoms with van der Waals surface area (Å²) in [6, 6.07) is 24.5. The number of benzene rings is 3. The van der Waals surface area contributed by atoms with Gasteiger partial charge in [0, 0.05) is 43.6 Å². The molecule has 2 heterocycles. The Morgan fingerprint density at radius 2 is 1.42 bits per heavy atom. The zero-order valence-electron chi connectivity index (χ0n) is 25.6. The van der Waals surface area contributed by atoms with Crippen molar-refractivity contribution in [1.82, 2.24) is 13.8 Å². The Labute approximate surface area is 254 Å². The molecule has 9 heteroatoms. The summed E-state index contributed by atoms with van der Waals surface area (Å²) < 4.78 is 41.2. The molecule has 0 N–H and O–H groups in total. The zero-order valence-corrected chi connectivity index (χ0v) is 26.4. The molecule has 1 aliphatic rings. The van der Waals surface area contributed by atoms with Gasteiger partial charge in [0.15, 0.2) is 0 Å². The summed E-state index contributed by atoms with van der Waals surface area (Å²) in [6.07, 6.45) is 0. The lowest BCUT2D eigenvalue weighted by Crippen LogP contribution is -2.50. The Kier molecular flexibility index (Phi) is 8.40. The van der Waals surface area contributed by atoms with Crippen LogP contribution < -0.4 is 9.47 Å². The number of ether oxygens (including phenoxy) is 2. The summed E-state index contributed by atoms with van der Waals surface area (Å²) in [7, 11) is -0.410. The van der Waals surface area contributed by atoms with E-state index >= 15 is 0 Å². The summed E-state index contributed by atoms with van der Waals surface area (Å²) in [5.41, 5.74) is 5.03. The highest BCUT2D eigenvalue weighted by Crippen LogP contribution is 2.33. The van der Waals surface area contributed by atoms with Gasteiger partial charge in [0.1, 0.15) is 11.5 Å².